The second-order valence-electron chi connectivity index (χ2n) is 8.64. The average Bonchev–Trinajstić information content (AvgIpc) is 2.87. The Balaban J connectivity index is 2.17. The second kappa shape index (κ2) is 15.8. The molecule has 0 saturated heterocycles. The van der Waals surface area contributed by atoms with Crippen molar-refractivity contribution in [3.63, 3.8) is 0 Å². The van der Waals surface area contributed by atoms with Crippen molar-refractivity contribution in [3.8, 4) is 0 Å². The number of benzene rings is 1. The third kappa shape index (κ3) is 9.46. The average molecular weight is 524 g/mol. The van der Waals surface area contributed by atoms with E-state index in [0.29, 0.717) is 61.8 Å². The van der Waals surface area contributed by atoms with E-state index in [0.717, 1.165) is 44.7 Å². The number of hydrogen-bond donors (Lipinski definition) is 2. The van der Waals surface area contributed by atoms with Crippen LogP contribution in [-0.2, 0) is 19.1 Å². The van der Waals surface area contributed by atoms with E-state index in [1.54, 1.807) is 18.2 Å². The van der Waals surface area contributed by atoms with Gasteiger partial charge in [-0.2, -0.15) is 0 Å². The van der Waals surface area contributed by atoms with Crippen LogP contribution in [0.4, 0.5) is 11.4 Å². The fourth-order valence-electron chi connectivity index (χ4n) is 4.00. The van der Waals surface area contributed by atoms with Crippen molar-refractivity contribution in [2.24, 2.45) is 0 Å². The van der Waals surface area contributed by atoms with Gasteiger partial charge < -0.3 is 20.3 Å². The molecule has 2 N–H and O–H groups in total. The zero-order valence-corrected chi connectivity index (χ0v) is 22.9. The second-order valence-corrected chi connectivity index (χ2v) is 10.6. The first-order valence-corrected chi connectivity index (χ1v) is 14.3. The number of amides is 2. The van der Waals surface area contributed by atoms with Crippen LogP contribution in [0.5, 0.6) is 0 Å². The monoisotopic (exact) mass is 523 g/mol. The molecular formula is C26H39ClN3O4P. The van der Waals surface area contributed by atoms with Crippen molar-refractivity contribution in [3.05, 3.63) is 34.4 Å². The number of unbranched alkanes of at least 4 members (excludes halogenated alkanes) is 3. The lowest BCUT2D eigenvalue weighted by Gasteiger charge is -2.25. The fraction of sp³-hybridized carbons (Fsp3) is 0.577. The molecule has 9 heteroatoms. The van der Waals surface area contributed by atoms with E-state index in [4.69, 9.17) is 16.3 Å². The Morgan fingerprint density at radius 1 is 1.06 bits per heavy atom. The van der Waals surface area contributed by atoms with E-state index >= 15 is 0 Å². The molecule has 7 nitrogen and oxygen atoms in total. The molecule has 0 saturated carbocycles. The summed E-state index contributed by atoms with van der Waals surface area (Å²) >= 11 is 6.46. The molecule has 1 aliphatic carbocycles. The Morgan fingerprint density at radius 3 is 2.43 bits per heavy atom. The van der Waals surface area contributed by atoms with Crippen LogP contribution in [0.2, 0.25) is 5.02 Å². The highest BCUT2D eigenvalue weighted by Gasteiger charge is 2.24. The van der Waals surface area contributed by atoms with Gasteiger partial charge in [-0.1, -0.05) is 44.7 Å². The molecule has 1 aromatic rings. The molecule has 0 aliphatic heterocycles. The lowest BCUT2D eigenvalue weighted by Crippen LogP contribution is -2.31. The summed E-state index contributed by atoms with van der Waals surface area (Å²) < 4.78 is 4.84. The Labute approximate surface area is 216 Å². The highest BCUT2D eigenvalue weighted by atomic mass is 35.5. The first-order chi connectivity index (χ1) is 16.9. The molecule has 1 atom stereocenters. The van der Waals surface area contributed by atoms with Crippen molar-refractivity contribution >= 4 is 49.3 Å². The summed E-state index contributed by atoms with van der Waals surface area (Å²) in [5.74, 6) is -0.744. The summed E-state index contributed by atoms with van der Waals surface area (Å²) in [6.07, 6.45) is 8.97. The Morgan fingerprint density at radius 2 is 1.77 bits per heavy atom. The lowest BCUT2D eigenvalue weighted by molar-refractivity contribution is -0.138. The number of nitrogens with zero attached hydrogens (tertiary/aromatic N) is 1. The van der Waals surface area contributed by atoms with Gasteiger partial charge in [0.25, 0.3) is 5.91 Å². The maximum atomic E-state index is 13.2. The number of rotatable bonds is 14. The summed E-state index contributed by atoms with van der Waals surface area (Å²) in [5, 5.41) is 6.43. The lowest BCUT2D eigenvalue weighted by atomic mass is 9.90. The standard InChI is InChI=1S/C26H39ClN3O4P/c1-4-6-7-10-15-28-25(32)20-11-8-9-12-21(20)26(33)29-19-13-14-22(27)23(16-19)30(18-35-5-2)17-24(31)34-3/h13-14,16,35H,4-12,15,17-18H2,1-3H3,(H,28,32)(H,29,33). The van der Waals surface area contributed by atoms with Crippen molar-refractivity contribution < 1.29 is 19.1 Å². The third-order valence-corrected chi connectivity index (χ3v) is 7.40. The van der Waals surface area contributed by atoms with Gasteiger partial charge in [-0.25, -0.2) is 0 Å². The van der Waals surface area contributed by atoms with Gasteiger partial charge in [0.1, 0.15) is 6.54 Å². The summed E-state index contributed by atoms with van der Waals surface area (Å²) in [6.45, 7) is 4.95. The molecule has 1 aromatic carbocycles. The van der Waals surface area contributed by atoms with E-state index < -0.39 is 0 Å². The van der Waals surface area contributed by atoms with Crippen LogP contribution < -0.4 is 15.5 Å². The zero-order chi connectivity index (χ0) is 25.6. The highest BCUT2D eigenvalue weighted by Crippen LogP contribution is 2.32. The minimum atomic E-state index is -0.353. The van der Waals surface area contributed by atoms with Crippen molar-refractivity contribution in [2.45, 2.75) is 65.2 Å². The summed E-state index contributed by atoms with van der Waals surface area (Å²) in [6, 6.07) is 5.23. The smallest absolute Gasteiger partial charge is 0.325 e. The van der Waals surface area contributed by atoms with Crippen molar-refractivity contribution in [2.75, 3.05) is 42.9 Å². The molecule has 0 heterocycles. The van der Waals surface area contributed by atoms with Gasteiger partial charge in [0.15, 0.2) is 0 Å². The minimum absolute atomic E-state index is 0.0777. The van der Waals surface area contributed by atoms with Gasteiger partial charge in [0, 0.05) is 29.7 Å². The van der Waals surface area contributed by atoms with Crippen molar-refractivity contribution in [1.29, 1.82) is 0 Å². The van der Waals surface area contributed by atoms with Gasteiger partial charge in [0.05, 0.1) is 17.8 Å². The largest absolute Gasteiger partial charge is 0.468 e. The van der Waals surface area contributed by atoms with Gasteiger partial charge in [0.2, 0.25) is 5.91 Å². The normalized spacial score (nSPS) is 13.7. The molecule has 2 rings (SSSR count). The van der Waals surface area contributed by atoms with E-state index in [1.165, 1.54) is 7.11 Å². The molecule has 0 fully saturated rings. The topological polar surface area (TPSA) is 87.7 Å². The highest BCUT2D eigenvalue weighted by molar-refractivity contribution is 7.38. The van der Waals surface area contributed by atoms with Crippen LogP contribution in [0, 0.1) is 0 Å². The Kier molecular flexibility index (Phi) is 13.1. The van der Waals surface area contributed by atoms with Crippen LogP contribution >= 0.6 is 20.2 Å². The number of anilines is 2. The van der Waals surface area contributed by atoms with Crippen LogP contribution in [-0.4, -0.2) is 50.4 Å². The summed E-state index contributed by atoms with van der Waals surface area (Å²) in [5.41, 5.74) is 2.38. The predicted molar refractivity (Wildman–Crippen MR) is 146 cm³/mol. The molecule has 1 unspecified atom stereocenters. The first kappa shape index (κ1) is 29.1. The number of esters is 1. The molecule has 35 heavy (non-hydrogen) atoms. The van der Waals surface area contributed by atoms with Gasteiger partial charge >= 0.3 is 5.97 Å². The number of ether oxygens (including phenoxy) is 1. The summed E-state index contributed by atoms with van der Waals surface area (Å²) in [4.78, 5) is 39.8. The number of carbonyl (C=O) groups is 3. The predicted octanol–water partition coefficient (Wildman–Crippen LogP) is 5.48. The van der Waals surface area contributed by atoms with E-state index in [9.17, 15) is 14.4 Å². The number of methoxy groups -OCH3 is 1. The zero-order valence-electron chi connectivity index (χ0n) is 21.2. The maximum Gasteiger partial charge on any atom is 0.325 e. The quantitative estimate of drug-likeness (QED) is 0.191. The fourth-order valence-corrected chi connectivity index (χ4v) is 5.01. The Hall–Kier alpha value is -2.11. The SMILES string of the molecule is CCCCCCNC(=O)C1=C(C(=O)Nc2ccc(Cl)c(N(CPCC)CC(=O)OC)c2)CCCC1. The van der Waals surface area contributed by atoms with Gasteiger partial charge in [-0.05, 0) is 56.5 Å². The Bertz CT molecular complexity index is 907. The van der Waals surface area contributed by atoms with Crippen molar-refractivity contribution in [1.82, 2.24) is 5.32 Å². The third-order valence-electron chi connectivity index (χ3n) is 5.98. The molecule has 0 aromatic heterocycles. The number of nitrogens with one attached hydrogen (secondary N) is 2. The molecule has 2 amide bonds. The van der Waals surface area contributed by atoms with E-state index in [-0.39, 0.29) is 24.3 Å². The molecule has 0 radical (unpaired) electrons. The van der Waals surface area contributed by atoms with Crippen LogP contribution in [0.1, 0.15) is 65.2 Å². The first-order valence-electron chi connectivity index (χ1n) is 12.5. The summed E-state index contributed by atoms with van der Waals surface area (Å²) in [7, 11) is 1.99. The van der Waals surface area contributed by atoms with Crippen LogP contribution in [0.25, 0.3) is 0 Å². The van der Waals surface area contributed by atoms with Gasteiger partial charge in [-0.15, -0.1) is 8.58 Å². The molecule has 1 aliphatic rings. The molecule has 0 spiro atoms. The van der Waals surface area contributed by atoms with Crippen LogP contribution in [0.3, 0.4) is 0 Å². The van der Waals surface area contributed by atoms with E-state index in [1.807, 2.05) is 4.90 Å². The van der Waals surface area contributed by atoms with E-state index in [2.05, 4.69) is 24.5 Å². The maximum absolute atomic E-state index is 13.2. The minimum Gasteiger partial charge on any atom is -0.468 e. The van der Waals surface area contributed by atoms with Crippen LogP contribution in [0.15, 0.2) is 29.3 Å². The number of halogens is 1. The number of carbonyl (C=O) groups excluding carboxylic acids is 3. The molecule has 194 valence electrons. The van der Waals surface area contributed by atoms with Gasteiger partial charge in [-0.3, -0.25) is 14.4 Å². The molecular weight excluding hydrogens is 485 g/mol. The number of hydrogen-bond acceptors (Lipinski definition) is 5. The molecule has 0 bridgehead atoms.